The molecular weight excluding hydrogens is 264 g/mol. The summed E-state index contributed by atoms with van der Waals surface area (Å²) in [5.74, 6) is 0.306. The van der Waals surface area contributed by atoms with Gasteiger partial charge in [0.2, 0.25) is 0 Å². The Bertz CT molecular complexity index is 646. The van der Waals surface area contributed by atoms with Gasteiger partial charge in [0.15, 0.2) is 9.84 Å². The van der Waals surface area contributed by atoms with Crippen molar-refractivity contribution in [3.05, 3.63) is 29.3 Å². The number of anilines is 1. The first-order valence-electron chi connectivity index (χ1n) is 5.89. The number of hydrogen-bond donors (Lipinski definition) is 0. The second-order valence-corrected chi connectivity index (χ2v) is 6.90. The van der Waals surface area contributed by atoms with E-state index in [-0.39, 0.29) is 17.5 Å². The molecule has 1 fully saturated rings. The van der Waals surface area contributed by atoms with Crippen molar-refractivity contribution in [2.24, 2.45) is 0 Å². The van der Waals surface area contributed by atoms with Gasteiger partial charge in [-0.15, -0.1) is 0 Å². The lowest BCUT2D eigenvalue weighted by Gasteiger charge is -2.26. The first-order chi connectivity index (χ1) is 8.96. The number of nitrogens with zero attached hydrogens (tertiary/aromatic N) is 2. The van der Waals surface area contributed by atoms with Gasteiger partial charge in [0, 0.05) is 18.7 Å². The van der Waals surface area contributed by atoms with Gasteiger partial charge in [0.1, 0.15) is 12.4 Å². The Morgan fingerprint density at radius 3 is 2.74 bits per heavy atom. The highest BCUT2D eigenvalue weighted by atomic mass is 32.2. The summed E-state index contributed by atoms with van der Waals surface area (Å²) >= 11 is 0. The van der Waals surface area contributed by atoms with Crippen molar-refractivity contribution in [3.63, 3.8) is 0 Å². The molecule has 0 aliphatic carbocycles. The predicted octanol–water partition coefficient (Wildman–Crippen LogP) is 0.994. The van der Waals surface area contributed by atoms with Crippen molar-refractivity contribution in [2.75, 3.05) is 23.5 Å². The van der Waals surface area contributed by atoms with Crippen LogP contribution in [0.2, 0.25) is 0 Å². The minimum Gasteiger partial charge on any atom is -0.369 e. The van der Waals surface area contributed by atoms with E-state index in [1.165, 1.54) is 6.07 Å². The molecule has 1 saturated heterocycles. The maximum absolute atomic E-state index is 11.5. The maximum atomic E-state index is 11.5. The van der Waals surface area contributed by atoms with Crippen molar-refractivity contribution < 1.29 is 13.2 Å². The van der Waals surface area contributed by atoms with E-state index in [9.17, 15) is 13.2 Å². The molecule has 0 radical (unpaired) electrons. The molecule has 100 valence electrons. The Labute approximate surface area is 112 Å². The summed E-state index contributed by atoms with van der Waals surface area (Å²) in [6.07, 6.45) is 1.25. The van der Waals surface area contributed by atoms with Gasteiger partial charge in [0.05, 0.1) is 22.8 Å². The normalized spacial score (nSPS) is 20.7. The van der Waals surface area contributed by atoms with Crippen LogP contribution in [-0.4, -0.2) is 39.3 Å². The first kappa shape index (κ1) is 13.6. The minimum absolute atomic E-state index is 0.112. The van der Waals surface area contributed by atoms with Crippen LogP contribution >= 0.6 is 0 Å². The lowest BCUT2D eigenvalue weighted by Crippen LogP contribution is -2.33. The molecule has 0 bridgehead atoms. The fourth-order valence-electron chi connectivity index (χ4n) is 2.30. The number of carbonyl (C=O) groups is 1. The maximum Gasteiger partial charge on any atom is 0.152 e. The van der Waals surface area contributed by atoms with Crippen molar-refractivity contribution in [1.29, 1.82) is 5.26 Å². The molecule has 0 aromatic heterocycles. The van der Waals surface area contributed by atoms with E-state index in [2.05, 4.69) is 0 Å². The third-order valence-corrected chi connectivity index (χ3v) is 5.16. The van der Waals surface area contributed by atoms with Crippen LogP contribution in [0.3, 0.4) is 0 Å². The second-order valence-electron chi connectivity index (χ2n) is 4.67. The number of benzene rings is 1. The fraction of sp³-hybridized carbons (Fsp3) is 0.385. The first-order valence-corrected chi connectivity index (χ1v) is 7.71. The van der Waals surface area contributed by atoms with Crippen LogP contribution in [-0.2, 0) is 9.84 Å². The molecule has 1 aliphatic rings. The number of hydrogen-bond acceptors (Lipinski definition) is 5. The Morgan fingerprint density at radius 1 is 1.47 bits per heavy atom. The van der Waals surface area contributed by atoms with Crippen molar-refractivity contribution in [3.8, 4) is 6.07 Å². The van der Waals surface area contributed by atoms with Crippen molar-refractivity contribution in [1.82, 2.24) is 0 Å². The highest BCUT2D eigenvalue weighted by Crippen LogP contribution is 2.26. The molecule has 19 heavy (non-hydrogen) atoms. The highest BCUT2D eigenvalue weighted by molar-refractivity contribution is 7.91. The zero-order valence-electron chi connectivity index (χ0n) is 10.5. The molecule has 0 amide bonds. The van der Waals surface area contributed by atoms with E-state index in [4.69, 9.17) is 5.26 Å². The van der Waals surface area contributed by atoms with Crippen LogP contribution in [0.1, 0.15) is 22.3 Å². The number of rotatable bonds is 3. The second kappa shape index (κ2) is 5.02. The molecule has 1 atom stereocenters. The van der Waals surface area contributed by atoms with Crippen molar-refractivity contribution in [2.45, 2.75) is 12.5 Å². The van der Waals surface area contributed by atoms with Crippen LogP contribution < -0.4 is 4.90 Å². The summed E-state index contributed by atoms with van der Waals surface area (Å²) in [6.45, 7) is 0. The molecule has 1 aliphatic heterocycles. The molecule has 1 aromatic carbocycles. The van der Waals surface area contributed by atoms with Gasteiger partial charge >= 0.3 is 0 Å². The minimum atomic E-state index is -2.96. The number of aldehydes is 1. The Hall–Kier alpha value is -1.87. The Balaban J connectivity index is 2.32. The van der Waals surface area contributed by atoms with Crippen LogP contribution in [0.4, 0.5) is 5.69 Å². The van der Waals surface area contributed by atoms with Gasteiger partial charge in [-0.25, -0.2) is 8.42 Å². The number of sulfone groups is 1. The van der Waals surface area contributed by atoms with E-state index in [1.807, 2.05) is 11.0 Å². The van der Waals surface area contributed by atoms with Crippen LogP contribution in [0.15, 0.2) is 18.2 Å². The average Bonchev–Trinajstić information content (AvgIpc) is 2.77. The molecule has 0 saturated carbocycles. The highest BCUT2D eigenvalue weighted by Gasteiger charge is 2.31. The van der Waals surface area contributed by atoms with E-state index in [1.54, 1.807) is 19.2 Å². The molecule has 1 heterocycles. The molecule has 1 unspecified atom stereocenters. The molecule has 6 heteroatoms. The molecular formula is C13H14N2O3S. The molecule has 0 N–H and O–H groups in total. The summed E-state index contributed by atoms with van der Waals surface area (Å²) < 4.78 is 23.0. The molecule has 2 rings (SSSR count). The van der Waals surface area contributed by atoms with Gasteiger partial charge in [-0.1, -0.05) is 0 Å². The summed E-state index contributed by atoms with van der Waals surface area (Å²) in [5, 5.41) is 9.12. The average molecular weight is 278 g/mol. The van der Waals surface area contributed by atoms with E-state index < -0.39 is 9.84 Å². The summed E-state index contributed by atoms with van der Waals surface area (Å²) in [5.41, 5.74) is 1.49. The lowest BCUT2D eigenvalue weighted by molar-refractivity contribution is 0.112. The van der Waals surface area contributed by atoms with Crippen LogP contribution in [0, 0.1) is 11.3 Å². The zero-order chi connectivity index (χ0) is 14.0. The summed E-state index contributed by atoms with van der Waals surface area (Å²) in [4.78, 5) is 12.5. The topological polar surface area (TPSA) is 78.2 Å². The van der Waals surface area contributed by atoms with E-state index in [0.717, 1.165) is 0 Å². The third kappa shape index (κ3) is 2.76. The predicted molar refractivity (Wildman–Crippen MR) is 72.0 cm³/mol. The lowest BCUT2D eigenvalue weighted by atomic mass is 10.1. The number of carbonyl (C=O) groups excluding carboxylic acids is 1. The van der Waals surface area contributed by atoms with Gasteiger partial charge < -0.3 is 4.90 Å². The Morgan fingerprint density at radius 2 is 2.21 bits per heavy atom. The van der Waals surface area contributed by atoms with Gasteiger partial charge in [-0.05, 0) is 24.6 Å². The zero-order valence-corrected chi connectivity index (χ0v) is 11.4. The van der Waals surface area contributed by atoms with E-state index >= 15 is 0 Å². The quantitative estimate of drug-likeness (QED) is 0.771. The van der Waals surface area contributed by atoms with Gasteiger partial charge in [-0.2, -0.15) is 5.26 Å². The third-order valence-electron chi connectivity index (χ3n) is 3.41. The molecule has 5 nitrogen and oxygen atoms in total. The van der Waals surface area contributed by atoms with Crippen LogP contribution in [0.25, 0.3) is 0 Å². The van der Waals surface area contributed by atoms with Gasteiger partial charge in [0.25, 0.3) is 0 Å². The monoisotopic (exact) mass is 278 g/mol. The molecule has 0 spiro atoms. The largest absolute Gasteiger partial charge is 0.369 e. The van der Waals surface area contributed by atoms with E-state index in [0.29, 0.717) is 29.5 Å². The molecule has 1 aromatic rings. The summed E-state index contributed by atoms with van der Waals surface area (Å²) in [6, 6.07) is 6.77. The Kier molecular flexibility index (Phi) is 3.58. The fourth-order valence-corrected chi connectivity index (χ4v) is 4.08. The van der Waals surface area contributed by atoms with Crippen LogP contribution in [0.5, 0.6) is 0 Å². The van der Waals surface area contributed by atoms with Crippen molar-refractivity contribution >= 4 is 21.8 Å². The smallest absolute Gasteiger partial charge is 0.152 e. The standard InChI is InChI=1S/C13H14N2O3S/c1-15(12-4-5-19(17,18)9-12)13-3-2-10(8-16)6-11(13)7-14/h2-3,6,8,12H,4-5,9H2,1H3. The SMILES string of the molecule is CN(c1ccc(C=O)cc1C#N)C1CCS(=O)(=O)C1. The van der Waals surface area contributed by atoms with Gasteiger partial charge in [-0.3, -0.25) is 4.79 Å². The summed E-state index contributed by atoms with van der Waals surface area (Å²) in [7, 11) is -1.18. The number of nitriles is 1.